The molecule has 1 aliphatic rings. The van der Waals surface area contributed by atoms with E-state index in [0.717, 1.165) is 44.6 Å². The average molecular weight is 511 g/mol. The van der Waals surface area contributed by atoms with Crippen molar-refractivity contribution < 1.29 is 50.9 Å². The Balaban J connectivity index is 0.000000362. The van der Waals surface area contributed by atoms with Gasteiger partial charge in [0.05, 0.1) is 6.20 Å². The Morgan fingerprint density at radius 2 is 1.51 bits per heavy atom. The Labute approximate surface area is 196 Å². The number of pyridine rings is 2. The Bertz CT molecular complexity index is 866. The van der Waals surface area contributed by atoms with Gasteiger partial charge in [-0.25, -0.2) is 9.59 Å². The molecule has 194 valence electrons. The summed E-state index contributed by atoms with van der Waals surface area (Å²) in [6.07, 6.45) is -1.24. The molecule has 0 saturated carbocycles. The number of ether oxygens (including phenoxy) is 1. The SMILES string of the molecule is O=C(O)C(F)(F)F.O=C(O)C(F)(F)F.c1ccc(CCN2CCC(Oc3cccnc3)CC2)nc1. The van der Waals surface area contributed by atoms with Crippen LogP contribution in [-0.4, -0.2) is 75.1 Å². The van der Waals surface area contributed by atoms with E-state index in [0.29, 0.717) is 6.10 Å². The zero-order chi connectivity index (χ0) is 26.5. The lowest BCUT2D eigenvalue weighted by Gasteiger charge is -2.31. The van der Waals surface area contributed by atoms with Crippen LogP contribution in [0.3, 0.4) is 0 Å². The number of carboxylic acids is 2. The Morgan fingerprint density at radius 1 is 0.943 bits per heavy atom. The fourth-order valence-corrected chi connectivity index (χ4v) is 2.68. The van der Waals surface area contributed by atoms with Crippen molar-refractivity contribution in [1.82, 2.24) is 14.9 Å². The number of alkyl halides is 6. The molecule has 3 heterocycles. The zero-order valence-corrected chi connectivity index (χ0v) is 18.2. The number of aromatic nitrogens is 2. The van der Waals surface area contributed by atoms with Gasteiger partial charge in [0.2, 0.25) is 0 Å². The number of carbonyl (C=O) groups is 2. The summed E-state index contributed by atoms with van der Waals surface area (Å²) in [5.74, 6) is -4.63. The molecule has 2 aromatic heterocycles. The predicted octanol–water partition coefficient (Wildman–Crippen LogP) is 3.83. The van der Waals surface area contributed by atoms with Crippen LogP contribution in [0.4, 0.5) is 26.3 Å². The van der Waals surface area contributed by atoms with Gasteiger partial charge in [-0.2, -0.15) is 26.3 Å². The van der Waals surface area contributed by atoms with Crippen molar-refractivity contribution in [2.24, 2.45) is 0 Å². The van der Waals surface area contributed by atoms with Gasteiger partial charge in [0.15, 0.2) is 0 Å². The molecule has 2 N–H and O–H groups in total. The van der Waals surface area contributed by atoms with Crippen LogP contribution in [0.5, 0.6) is 5.75 Å². The van der Waals surface area contributed by atoms with E-state index in [4.69, 9.17) is 24.5 Å². The van der Waals surface area contributed by atoms with Gasteiger partial charge in [0, 0.05) is 44.1 Å². The second kappa shape index (κ2) is 14.1. The molecule has 8 nitrogen and oxygen atoms in total. The maximum Gasteiger partial charge on any atom is 0.490 e. The standard InChI is InChI=1S/C17H21N3O.2C2HF3O2/c1-2-10-19-15(4-1)6-11-20-12-7-16(8-13-20)21-17-5-3-9-18-14-17;2*3-2(4,5)1(6)7/h1-5,9-10,14,16H,6-8,11-13H2;2*(H,6,7). The lowest BCUT2D eigenvalue weighted by Crippen LogP contribution is -2.39. The maximum atomic E-state index is 10.6. The molecule has 0 unspecified atom stereocenters. The quantitative estimate of drug-likeness (QED) is 0.583. The lowest BCUT2D eigenvalue weighted by atomic mass is 10.1. The van der Waals surface area contributed by atoms with Gasteiger partial charge < -0.3 is 19.8 Å². The number of hydrogen-bond donors (Lipinski definition) is 2. The van der Waals surface area contributed by atoms with Gasteiger partial charge in [-0.1, -0.05) is 6.07 Å². The van der Waals surface area contributed by atoms with Crippen molar-refractivity contribution >= 4 is 11.9 Å². The van der Waals surface area contributed by atoms with E-state index in [1.54, 1.807) is 12.4 Å². The number of nitrogens with zero attached hydrogens (tertiary/aromatic N) is 3. The monoisotopic (exact) mass is 511 g/mol. The molecule has 2 aromatic rings. The van der Waals surface area contributed by atoms with E-state index in [2.05, 4.69) is 27.0 Å². The smallest absolute Gasteiger partial charge is 0.489 e. The second-order valence-electron chi connectivity index (χ2n) is 7.02. The number of carboxylic acid groups (broad SMARTS) is 2. The van der Waals surface area contributed by atoms with Gasteiger partial charge in [-0.05, 0) is 37.1 Å². The Kier molecular flexibility index (Phi) is 11.9. The van der Waals surface area contributed by atoms with Crippen LogP contribution < -0.4 is 4.74 Å². The molecule has 0 atom stereocenters. The zero-order valence-electron chi connectivity index (χ0n) is 18.2. The summed E-state index contributed by atoms with van der Waals surface area (Å²) in [7, 11) is 0. The number of likely N-dealkylation sites (tertiary alicyclic amines) is 1. The number of piperidine rings is 1. The number of hydrogen-bond acceptors (Lipinski definition) is 6. The van der Waals surface area contributed by atoms with E-state index in [9.17, 15) is 26.3 Å². The highest BCUT2D eigenvalue weighted by Crippen LogP contribution is 2.18. The third kappa shape index (κ3) is 13.2. The van der Waals surface area contributed by atoms with Gasteiger partial charge in [0.1, 0.15) is 11.9 Å². The number of rotatable bonds is 5. The third-order valence-corrected chi connectivity index (χ3v) is 4.37. The highest BCUT2D eigenvalue weighted by molar-refractivity contribution is 5.73. The van der Waals surface area contributed by atoms with E-state index >= 15 is 0 Å². The molecule has 0 aromatic carbocycles. The topological polar surface area (TPSA) is 113 Å². The first kappa shape index (κ1) is 29.6. The van der Waals surface area contributed by atoms with E-state index in [1.165, 1.54) is 5.69 Å². The molecule has 1 fully saturated rings. The maximum absolute atomic E-state index is 10.6. The average Bonchev–Trinajstić information content (AvgIpc) is 2.79. The van der Waals surface area contributed by atoms with Crippen LogP contribution in [-0.2, 0) is 16.0 Å². The summed E-state index contributed by atoms with van der Waals surface area (Å²) in [6.45, 7) is 3.27. The second-order valence-corrected chi connectivity index (χ2v) is 7.02. The fraction of sp³-hybridized carbons (Fsp3) is 0.429. The van der Waals surface area contributed by atoms with Crippen LogP contribution in [0, 0.1) is 0 Å². The first-order chi connectivity index (χ1) is 16.3. The summed E-state index contributed by atoms with van der Waals surface area (Å²) in [6, 6.07) is 10.00. The highest BCUT2D eigenvalue weighted by Gasteiger charge is 2.38. The van der Waals surface area contributed by atoms with Crippen LogP contribution in [0.1, 0.15) is 18.5 Å². The van der Waals surface area contributed by atoms with Gasteiger partial charge in [0.25, 0.3) is 0 Å². The molecule has 0 spiro atoms. The number of halogens is 6. The predicted molar refractivity (Wildman–Crippen MR) is 110 cm³/mol. The van der Waals surface area contributed by atoms with Gasteiger partial charge in [-0.15, -0.1) is 0 Å². The lowest BCUT2D eigenvalue weighted by molar-refractivity contribution is -0.193. The molecule has 0 aliphatic carbocycles. The van der Waals surface area contributed by atoms with Gasteiger partial charge >= 0.3 is 24.3 Å². The first-order valence-corrected chi connectivity index (χ1v) is 10.1. The van der Waals surface area contributed by atoms with Gasteiger partial charge in [-0.3, -0.25) is 9.97 Å². The largest absolute Gasteiger partial charge is 0.490 e. The molecule has 0 amide bonds. The van der Waals surface area contributed by atoms with Crippen molar-refractivity contribution in [3.05, 3.63) is 54.6 Å². The summed E-state index contributed by atoms with van der Waals surface area (Å²) >= 11 is 0. The van der Waals surface area contributed by atoms with Crippen LogP contribution in [0.2, 0.25) is 0 Å². The van der Waals surface area contributed by atoms with Crippen molar-refractivity contribution in [1.29, 1.82) is 0 Å². The molecule has 1 saturated heterocycles. The van der Waals surface area contributed by atoms with Crippen molar-refractivity contribution in [3.8, 4) is 5.75 Å². The molecule has 35 heavy (non-hydrogen) atoms. The Hall–Kier alpha value is -3.42. The molecule has 3 rings (SSSR count). The molecular weight excluding hydrogens is 488 g/mol. The van der Waals surface area contributed by atoms with E-state index in [-0.39, 0.29) is 0 Å². The van der Waals surface area contributed by atoms with Crippen molar-refractivity contribution in [2.45, 2.75) is 37.7 Å². The van der Waals surface area contributed by atoms with E-state index < -0.39 is 24.3 Å². The minimum absolute atomic E-state index is 0.320. The molecular formula is C21H23F6N3O5. The summed E-state index contributed by atoms with van der Waals surface area (Å²) in [4.78, 5) is 28.8. The fourth-order valence-electron chi connectivity index (χ4n) is 2.68. The van der Waals surface area contributed by atoms with Crippen molar-refractivity contribution in [3.63, 3.8) is 0 Å². The third-order valence-electron chi connectivity index (χ3n) is 4.37. The molecule has 0 bridgehead atoms. The molecule has 1 aliphatic heterocycles. The van der Waals surface area contributed by atoms with E-state index in [1.807, 2.05) is 24.4 Å². The summed E-state index contributed by atoms with van der Waals surface area (Å²) in [5.41, 5.74) is 1.17. The molecule has 14 heteroatoms. The normalized spacial score (nSPS) is 14.6. The minimum Gasteiger partial charge on any atom is -0.489 e. The Morgan fingerprint density at radius 3 is 1.94 bits per heavy atom. The van der Waals surface area contributed by atoms with Crippen LogP contribution >= 0.6 is 0 Å². The first-order valence-electron chi connectivity index (χ1n) is 10.1. The highest BCUT2D eigenvalue weighted by atomic mass is 19.4. The summed E-state index contributed by atoms with van der Waals surface area (Å²) < 4.78 is 69.4. The number of aliphatic carboxylic acids is 2. The minimum atomic E-state index is -5.08. The molecule has 0 radical (unpaired) electrons. The summed E-state index contributed by atoms with van der Waals surface area (Å²) in [5, 5.41) is 14.2. The van der Waals surface area contributed by atoms with Crippen LogP contribution in [0.15, 0.2) is 48.9 Å². The van der Waals surface area contributed by atoms with Crippen molar-refractivity contribution in [2.75, 3.05) is 19.6 Å². The van der Waals surface area contributed by atoms with Crippen LogP contribution in [0.25, 0.3) is 0 Å².